The Labute approximate surface area is 131 Å². The minimum absolute atomic E-state index is 0.0546. The number of hydrogen-bond acceptors (Lipinski definition) is 4. The van der Waals surface area contributed by atoms with E-state index in [0.29, 0.717) is 6.54 Å². The lowest BCUT2D eigenvalue weighted by Crippen LogP contribution is -2.56. The van der Waals surface area contributed by atoms with Crippen LogP contribution in [0.25, 0.3) is 0 Å². The maximum absolute atomic E-state index is 12.4. The van der Waals surface area contributed by atoms with Gasteiger partial charge in [0.1, 0.15) is 0 Å². The van der Waals surface area contributed by atoms with Crippen LogP contribution in [0.5, 0.6) is 0 Å². The average Bonchev–Trinajstić information content (AvgIpc) is 2.92. The van der Waals surface area contributed by atoms with Gasteiger partial charge >= 0.3 is 6.03 Å². The summed E-state index contributed by atoms with van der Waals surface area (Å²) in [6.45, 7) is 5.44. The van der Waals surface area contributed by atoms with Crippen molar-refractivity contribution in [1.82, 2.24) is 20.0 Å². The maximum atomic E-state index is 12.4. The van der Waals surface area contributed by atoms with E-state index >= 15 is 0 Å². The largest absolute Gasteiger partial charge is 0.336 e. The molecule has 1 aliphatic rings. The number of thiophene rings is 1. The summed E-state index contributed by atoms with van der Waals surface area (Å²) >= 11 is 1.73. The molecule has 1 saturated heterocycles. The van der Waals surface area contributed by atoms with Crippen molar-refractivity contribution >= 4 is 17.4 Å². The molecule has 118 valence electrons. The van der Waals surface area contributed by atoms with Gasteiger partial charge in [-0.15, -0.1) is 11.3 Å². The summed E-state index contributed by atoms with van der Waals surface area (Å²) in [4.78, 5) is 20.0. The fourth-order valence-electron chi connectivity index (χ4n) is 2.75. The van der Waals surface area contributed by atoms with Crippen molar-refractivity contribution < 1.29 is 4.79 Å². The van der Waals surface area contributed by atoms with E-state index in [4.69, 9.17) is 0 Å². The standard InChI is InChI=1S/C15H26N4OS/c1-12-11-18(4)7-8-19(12)15(20)16-10-13(17(2)3)14-6-5-9-21-14/h5-6,9,12-13H,7-8,10-11H2,1-4H3,(H,16,20)/t12-,13+/m1/s1. The second kappa shape index (κ2) is 7.24. The zero-order chi connectivity index (χ0) is 15.4. The number of hydrogen-bond donors (Lipinski definition) is 1. The van der Waals surface area contributed by atoms with Gasteiger partial charge in [0.25, 0.3) is 0 Å². The maximum Gasteiger partial charge on any atom is 0.317 e. The Hall–Kier alpha value is -1.11. The van der Waals surface area contributed by atoms with Crippen LogP contribution in [0.1, 0.15) is 17.8 Å². The van der Waals surface area contributed by atoms with Gasteiger partial charge in [0.2, 0.25) is 0 Å². The molecule has 1 aromatic rings. The van der Waals surface area contributed by atoms with E-state index in [9.17, 15) is 4.79 Å². The zero-order valence-corrected chi connectivity index (χ0v) is 14.2. The molecule has 1 N–H and O–H groups in total. The van der Waals surface area contributed by atoms with Gasteiger partial charge in [0.05, 0.1) is 6.04 Å². The predicted octanol–water partition coefficient (Wildman–Crippen LogP) is 1.70. The first kappa shape index (κ1) is 16.3. The molecular formula is C15H26N4OS. The Kier molecular flexibility index (Phi) is 5.61. The van der Waals surface area contributed by atoms with Crippen molar-refractivity contribution in [2.45, 2.75) is 19.0 Å². The molecule has 2 heterocycles. The molecule has 0 saturated carbocycles. The summed E-state index contributed by atoms with van der Waals surface area (Å²) in [6, 6.07) is 4.74. The normalized spacial score (nSPS) is 21.6. The van der Waals surface area contributed by atoms with Crippen LogP contribution in [0.3, 0.4) is 0 Å². The fraction of sp³-hybridized carbons (Fsp3) is 0.667. The van der Waals surface area contributed by atoms with Crippen LogP contribution in [-0.4, -0.2) is 74.1 Å². The van der Waals surface area contributed by atoms with Crippen LogP contribution in [0.2, 0.25) is 0 Å². The van der Waals surface area contributed by atoms with Crippen molar-refractivity contribution in [2.75, 3.05) is 47.3 Å². The van der Waals surface area contributed by atoms with Crippen LogP contribution < -0.4 is 5.32 Å². The molecule has 5 nitrogen and oxygen atoms in total. The van der Waals surface area contributed by atoms with Gasteiger partial charge in [0.15, 0.2) is 0 Å². The predicted molar refractivity (Wildman–Crippen MR) is 87.8 cm³/mol. The highest BCUT2D eigenvalue weighted by Gasteiger charge is 2.26. The molecule has 0 aliphatic carbocycles. The molecule has 0 spiro atoms. The van der Waals surface area contributed by atoms with Gasteiger partial charge in [-0.25, -0.2) is 4.79 Å². The lowest BCUT2D eigenvalue weighted by Gasteiger charge is -2.38. The number of rotatable bonds is 4. The zero-order valence-electron chi connectivity index (χ0n) is 13.4. The van der Waals surface area contributed by atoms with Crippen molar-refractivity contribution in [1.29, 1.82) is 0 Å². The fourth-order valence-corrected chi connectivity index (χ4v) is 3.67. The first-order chi connectivity index (χ1) is 9.99. The topological polar surface area (TPSA) is 38.8 Å². The van der Waals surface area contributed by atoms with Crippen molar-refractivity contribution in [3.05, 3.63) is 22.4 Å². The molecule has 0 aromatic carbocycles. The van der Waals surface area contributed by atoms with Crippen molar-refractivity contribution in [3.8, 4) is 0 Å². The van der Waals surface area contributed by atoms with Crippen LogP contribution in [0.15, 0.2) is 17.5 Å². The Balaban J connectivity index is 1.90. The molecule has 2 atom stereocenters. The van der Waals surface area contributed by atoms with Gasteiger partial charge in [0, 0.05) is 37.1 Å². The summed E-state index contributed by atoms with van der Waals surface area (Å²) in [5.74, 6) is 0. The van der Waals surface area contributed by atoms with E-state index in [-0.39, 0.29) is 18.1 Å². The molecular weight excluding hydrogens is 284 g/mol. The molecule has 6 heteroatoms. The summed E-state index contributed by atoms with van der Waals surface area (Å²) in [6.07, 6.45) is 0. The SMILES string of the molecule is C[C@@H]1CN(C)CCN1C(=O)NC[C@@H](c1cccs1)N(C)C. The van der Waals surface area contributed by atoms with Gasteiger partial charge in [-0.3, -0.25) is 0 Å². The minimum atomic E-state index is 0.0546. The minimum Gasteiger partial charge on any atom is -0.336 e. The monoisotopic (exact) mass is 310 g/mol. The number of urea groups is 1. The first-order valence-electron chi connectivity index (χ1n) is 7.42. The van der Waals surface area contributed by atoms with Crippen LogP contribution in [-0.2, 0) is 0 Å². The highest BCUT2D eigenvalue weighted by atomic mass is 32.1. The summed E-state index contributed by atoms with van der Waals surface area (Å²) in [5.41, 5.74) is 0. The Morgan fingerprint density at radius 2 is 2.29 bits per heavy atom. The van der Waals surface area contributed by atoms with Gasteiger partial charge in [-0.1, -0.05) is 6.07 Å². The number of carbonyl (C=O) groups is 1. The van der Waals surface area contributed by atoms with E-state index in [0.717, 1.165) is 19.6 Å². The summed E-state index contributed by atoms with van der Waals surface area (Å²) in [7, 11) is 6.20. The molecule has 2 amide bonds. The molecule has 21 heavy (non-hydrogen) atoms. The van der Waals surface area contributed by atoms with E-state index in [1.165, 1.54) is 4.88 Å². The van der Waals surface area contributed by atoms with E-state index in [1.54, 1.807) is 11.3 Å². The smallest absolute Gasteiger partial charge is 0.317 e. The number of carbonyl (C=O) groups excluding carboxylic acids is 1. The first-order valence-corrected chi connectivity index (χ1v) is 8.30. The number of likely N-dealkylation sites (N-methyl/N-ethyl adjacent to an activating group) is 2. The van der Waals surface area contributed by atoms with E-state index in [1.807, 2.05) is 4.90 Å². The van der Waals surface area contributed by atoms with E-state index < -0.39 is 0 Å². The Bertz CT molecular complexity index is 449. The van der Waals surface area contributed by atoms with Gasteiger partial charge in [-0.2, -0.15) is 0 Å². The number of piperazine rings is 1. The van der Waals surface area contributed by atoms with Gasteiger partial charge < -0.3 is 20.0 Å². The van der Waals surface area contributed by atoms with Crippen molar-refractivity contribution in [2.24, 2.45) is 0 Å². The summed E-state index contributed by atoms with van der Waals surface area (Å²) in [5, 5.41) is 5.18. The third-order valence-electron chi connectivity index (χ3n) is 4.03. The highest BCUT2D eigenvalue weighted by molar-refractivity contribution is 7.10. The second-order valence-corrected chi connectivity index (χ2v) is 6.96. The number of amides is 2. The molecule has 2 rings (SSSR count). The molecule has 0 bridgehead atoms. The van der Waals surface area contributed by atoms with Crippen molar-refractivity contribution in [3.63, 3.8) is 0 Å². The third kappa shape index (κ3) is 4.18. The van der Waals surface area contributed by atoms with Crippen LogP contribution in [0.4, 0.5) is 4.79 Å². The van der Waals surface area contributed by atoms with Gasteiger partial charge in [-0.05, 0) is 39.5 Å². The Morgan fingerprint density at radius 1 is 1.52 bits per heavy atom. The molecule has 1 aromatic heterocycles. The van der Waals surface area contributed by atoms with E-state index in [2.05, 4.69) is 60.7 Å². The second-order valence-electron chi connectivity index (χ2n) is 5.99. The molecule has 1 aliphatic heterocycles. The molecule has 1 fully saturated rings. The molecule has 0 radical (unpaired) electrons. The lowest BCUT2D eigenvalue weighted by molar-refractivity contribution is 0.115. The van der Waals surface area contributed by atoms with Crippen LogP contribution >= 0.6 is 11.3 Å². The lowest BCUT2D eigenvalue weighted by atomic mass is 10.2. The Morgan fingerprint density at radius 3 is 2.86 bits per heavy atom. The summed E-state index contributed by atoms with van der Waals surface area (Å²) < 4.78 is 0. The quantitative estimate of drug-likeness (QED) is 0.920. The van der Waals surface area contributed by atoms with Crippen LogP contribution in [0, 0.1) is 0 Å². The third-order valence-corrected chi connectivity index (χ3v) is 5.01. The average molecular weight is 310 g/mol. The highest BCUT2D eigenvalue weighted by Crippen LogP contribution is 2.22. The number of nitrogens with zero attached hydrogens (tertiary/aromatic N) is 3. The molecule has 0 unspecified atom stereocenters. The number of nitrogens with one attached hydrogen (secondary N) is 1.